The van der Waals surface area contributed by atoms with E-state index in [1.807, 2.05) is 25.3 Å². The number of nitrogens with one attached hydrogen (secondary N) is 2. The van der Waals surface area contributed by atoms with Crippen molar-refractivity contribution in [2.24, 2.45) is 0 Å². The van der Waals surface area contributed by atoms with Crippen LogP contribution in [-0.2, 0) is 5.75 Å². The molecule has 2 aromatic heterocycles. The molecule has 27 heavy (non-hydrogen) atoms. The molecule has 0 saturated heterocycles. The van der Waals surface area contributed by atoms with Gasteiger partial charge in [-0.15, -0.1) is 5.10 Å². The van der Waals surface area contributed by atoms with Gasteiger partial charge >= 0.3 is 0 Å². The third-order valence-corrected chi connectivity index (χ3v) is 5.17. The van der Waals surface area contributed by atoms with Crippen LogP contribution in [0.25, 0.3) is 11.3 Å². The van der Waals surface area contributed by atoms with Gasteiger partial charge in [0.25, 0.3) is 5.56 Å². The number of aromatic amines is 2. The summed E-state index contributed by atoms with van der Waals surface area (Å²) in [4.78, 5) is 23.5. The first-order chi connectivity index (χ1) is 13.0. The van der Waals surface area contributed by atoms with Gasteiger partial charge in [-0.3, -0.25) is 9.89 Å². The molecule has 138 valence electrons. The molecule has 0 amide bonds. The number of aryl methyl sites for hydroxylation is 1. The maximum absolute atomic E-state index is 12.2. The second-order valence-electron chi connectivity index (χ2n) is 5.43. The van der Waals surface area contributed by atoms with Gasteiger partial charge in [0, 0.05) is 16.9 Å². The Kier molecular flexibility index (Phi) is 5.83. The van der Waals surface area contributed by atoms with Crippen LogP contribution in [0.2, 0.25) is 0 Å². The molecule has 2 N–H and O–H groups in total. The van der Waals surface area contributed by atoms with E-state index >= 15 is 0 Å². The van der Waals surface area contributed by atoms with E-state index in [2.05, 4.69) is 25.1 Å². The monoisotopic (exact) mass is 400 g/mol. The van der Waals surface area contributed by atoms with Gasteiger partial charge in [-0.25, -0.2) is 9.97 Å². The third-order valence-electron chi connectivity index (χ3n) is 3.69. The molecule has 0 aliphatic carbocycles. The summed E-state index contributed by atoms with van der Waals surface area (Å²) < 4.78 is 5.44. The molecule has 3 aromatic rings. The maximum atomic E-state index is 12.2. The normalized spacial score (nSPS) is 10.6. The summed E-state index contributed by atoms with van der Waals surface area (Å²) in [6, 6.07) is 7.41. The van der Waals surface area contributed by atoms with Gasteiger partial charge in [-0.2, -0.15) is 5.26 Å². The Morgan fingerprint density at radius 2 is 2.15 bits per heavy atom. The van der Waals surface area contributed by atoms with Crippen LogP contribution in [0.5, 0.6) is 5.75 Å². The summed E-state index contributed by atoms with van der Waals surface area (Å²) in [6.45, 7) is 1.84. The average Bonchev–Trinajstić information content (AvgIpc) is 3.10. The van der Waals surface area contributed by atoms with E-state index < -0.39 is 5.56 Å². The number of nitriles is 1. The number of benzene rings is 1. The summed E-state index contributed by atoms with van der Waals surface area (Å²) in [5.41, 5.74) is 1.46. The van der Waals surface area contributed by atoms with Crippen molar-refractivity contribution in [3.63, 3.8) is 0 Å². The predicted octanol–water partition coefficient (Wildman–Crippen LogP) is 2.76. The van der Waals surface area contributed by atoms with E-state index in [1.165, 1.54) is 23.5 Å². The molecule has 1 aromatic carbocycles. The highest BCUT2D eigenvalue weighted by Gasteiger charge is 2.15. The molecule has 0 aliphatic heterocycles. The standard InChI is InChI=1S/C17H16N6O2S2/c1-9-19-17(23-22-9)27-8-11-6-10(4-5-13(11)25-2)14-12(7-18)15(24)21-16(20-14)26-3/h4-6H,8H2,1-3H3,(H,19,22,23)(H,20,21,24). The first kappa shape index (κ1) is 19.0. The fourth-order valence-corrected chi connectivity index (χ4v) is 3.63. The quantitative estimate of drug-likeness (QED) is 0.479. The zero-order valence-corrected chi connectivity index (χ0v) is 16.5. The summed E-state index contributed by atoms with van der Waals surface area (Å²) >= 11 is 2.77. The number of aromatic nitrogens is 5. The minimum Gasteiger partial charge on any atom is -0.496 e. The van der Waals surface area contributed by atoms with Gasteiger partial charge in [-0.05, 0) is 31.4 Å². The van der Waals surface area contributed by atoms with Crippen molar-refractivity contribution >= 4 is 23.5 Å². The van der Waals surface area contributed by atoms with Crippen LogP contribution in [0.15, 0.2) is 33.3 Å². The van der Waals surface area contributed by atoms with Crippen molar-refractivity contribution in [3.8, 4) is 23.1 Å². The lowest BCUT2D eigenvalue weighted by Crippen LogP contribution is -2.14. The fourth-order valence-electron chi connectivity index (χ4n) is 2.43. The van der Waals surface area contributed by atoms with Gasteiger partial charge in [-0.1, -0.05) is 23.5 Å². The number of hydrogen-bond donors (Lipinski definition) is 2. The minimum absolute atomic E-state index is 0.0128. The second-order valence-corrected chi connectivity index (χ2v) is 7.17. The van der Waals surface area contributed by atoms with E-state index in [4.69, 9.17) is 4.74 Å². The Morgan fingerprint density at radius 1 is 1.33 bits per heavy atom. The molecule has 3 rings (SSSR count). The van der Waals surface area contributed by atoms with Gasteiger partial charge in [0.1, 0.15) is 23.2 Å². The summed E-state index contributed by atoms with van der Waals surface area (Å²) in [5, 5.41) is 17.4. The maximum Gasteiger partial charge on any atom is 0.270 e. The van der Waals surface area contributed by atoms with Crippen LogP contribution in [0.1, 0.15) is 17.0 Å². The van der Waals surface area contributed by atoms with Crippen LogP contribution in [0, 0.1) is 18.3 Å². The number of hydrogen-bond acceptors (Lipinski definition) is 8. The van der Waals surface area contributed by atoms with Gasteiger partial charge < -0.3 is 9.72 Å². The largest absolute Gasteiger partial charge is 0.496 e. The van der Waals surface area contributed by atoms with Crippen LogP contribution in [-0.4, -0.2) is 38.5 Å². The van der Waals surface area contributed by atoms with Crippen LogP contribution in [0.3, 0.4) is 0 Å². The van der Waals surface area contributed by atoms with Crippen molar-refractivity contribution in [3.05, 3.63) is 45.5 Å². The van der Waals surface area contributed by atoms with Crippen molar-refractivity contribution in [1.82, 2.24) is 25.1 Å². The van der Waals surface area contributed by atoms with Crippen LogP contribution < -0.4 is 10.3 Å². The highest BCUT2D eigenvalue weighted by atomic mass is 32.2. The first-order valence-electron chi connectivity index (χ1n) is 7.83. The van der Waals surface area contributed by atoms with Gasteiger partial charge in [0.05, 0.1) is 12.8 Å². The van der Waals surface area contributed by atoms with Crippen molar-refractivity contribution in [1.29, 1.82) is 5.26 Å². The SMILES string of the molecule is COc1ccc(-c2nc(SC)[nH]c(=O)c2C#N)cc1CSc1n[nH]c(C)n1. The van der Waals surface area contributed by atoms with E-state index in [-0.39, 0.29) is 5.56 Å². The van der Waals surface area contributed by atoms with E-state index in [9.17, 15) is 10.1 Å². The lowest BCUT2D eigenvalue weighted by molar-refractivity contribution is 0.411. The number of H-pyrrole nitrogens is 2. The lowest BCUT2D eigenvalue weighted by Gasteiger charge is -2.11. The first-order valence-corrected chi connectivity index (χ1v) is 10.0. The summed E-state index contributed by atoms with van der Waals surface area (Å²) in [6.07, 6.45) is 1.81. The Hall–Kier alpha value is -2.77. The molecule has 0 bridgehead atoms. The molecule has 8 nitrogen and oxygen atoms in total. The molecule has 0 aliphatic rings. The van der Waals surface area contributed by atoms with Crippen molar-refractivity contribution in [2.45, 2.75) is 23.0 Å². The van der Waals surface area contributed by atoms with E-state index in [1.54, 1.807) is 19.2 Å². The summed E-state index contributed by atoms with van der Waals surface area (Å²) in [5.74, 6) is 2.01. The van der Waals surface area contributed by atoms with Crippen LogP contribution >= 0.6 is 23.5 Å². The molecule has 0 fully saturated rings. The van der Waals surface area contributed by atoms with E-state index in [0.29, 0.717) is 33.1 Å². The average molecular weight is 400 g/mol. The molecular weight excluding hydrogens is 384 g/mol. The van der Waals surface area contributed by atoms with Gasteiger partial charge in [0.2, 0.25) is 5.16 Å². The zero-order chi connectivity index (χ0) is 19.4. The molecule has 0 atom stereocenters. The van der Waals surface area contributed by atoms with E-state index in [0.717, 1.165) is 11.4 Å². The minimum atomic E-state index is -0.449. The predicted molar refractivity (Wildman–Crippen MR) is 104 cm³/mol. The third kappa shape index (κ3) is 4.15. The Morgan fingerprint density at radius 3 is 2.78 bits per heavy atom. The van der Waals surface area contributed by atoms with Gasteiger partial charge in [0.15, 0.2) is 5.16 Å². The number of methoxy groups -OCH3 is 1. The second kappa shape index (κ2) is 8.28. The van der Waals surface area contributed by atoms with Crippen molar-refractivity contribution < 1.29 is 4.74 Å². The fraction of sp³-hybridized carbons (Fsp3) is 0.235. The molecule has 10 heteroatoms. The molecule has 0 unspecified atom stereocenters. The Balaban J connectivity index is 2.01. The van der Waals surface area contributed by atoms with Crippen molar-refractivity contribution in [2.75, 3.05) is 13.4 Å². The number of nitrogens with zero attached hydrogens (tertiary/aromatic N) is 4. The smallest absolute Gasteiger partial charge is 0.270 e. The van der Waals surface area contributed by atoms with Crippen LogP contribution in [0.4, 0.5) is 0 Å². The molecule has 2 heterocycles. The number of ether oxygens (including phenoxy) is 1. The Bertz CT molecular complexity index is 1070. The summed E-state index contributed by atoms with van der Waals surface area (Å²) in [7, 11) is 1.60. The topological polar surface area (TPSA) is 120 Å². The highest BCUT2D eigenvalue weighted by Crippen LogP contribution is 2.31. The Labute approximate surface area is 163 Å². The molecule has 0 saturated carbocycles. The molecule has 0 spiro atoms. The lowest BCUT2D eigenvalue weighted by atomic mass is 10.0. The molecule has 0 radical (unpaired) electrons. The number of thioether (sulfide) groups is 2. The molecular formula is C17H16N6O2S2. The zero-order valence-electron chi connectivity index (χ0n) is 14.9. The number of rotatable bonds is 6. The highest BCUT2D eigenvalue weighted by molar-refractivity contribution is 7.98.